The van der Waals surface area contributed by atoms with Crippen LogP contribution in [0, 0.1) is 0 Å². The van der Waals surface area contributed by atoms with Gasteiger partial charge >= 0.3 is 0 Å². The molecule has 0 saturated carbocycles. The minimum atomic E-state index is -0.136. The lowest BCUT2D eigenvalue weighted by Gasteiger charge is -2.32. The van der Waals surface area contributed by atoms with Crippen molar-refractivity contribution in [1.29, 1.82) is 0 Å². The van der Waals surface area contributed by atoms with Gasteiger partial charge in [-0.3, -0.25) is 14.3 Å². The Morgan fingerprint density at radius 1 is 1.23 bits per heavy atom. The highest BCUT2D eigenvalue weighted by Crippen LogP contribution is 2.17. The molecule has 3 aromatic heterocycles. The van der Waals surface area contributed by atoms with Gasteiger partial charge in [-0.05, 0) is 43.0 Å². The lowest BCUT2D eigenvalue weighted by atomic mass is 10.1. The van der Waals surface area contributed by atoms with Crippen molar-refractivity contribution in [2.24, 2.45) is 0 Å². The maximum atomic E-state index is 12.6. The van der Waals surface area contributed by atoms with Gasteiger partial charge in [-0.2, -0.15) is 0 Å². The first-order valence-electron chi connectivity index (χ1n) is 8.65. The molecule has 1 atom stereocenters. The van der Waals surface area contributed by atoms with Crippen molar-refractivity contribution >= 4 is 17.2 Å². The smallest absolute Gasteiger partial charge is 0.270 e. The largest absolute Gasteiger partial charge is 0.347 e. The van der Waals surface area contributed by atoms with Gasteiger partial charge in [-0.15, -0.1) is 21.5 Å². The van der Waals surface area contributed by atoms with Crippen LogP contribution in [0.2, 0.25) is 0 Å². The molecule has 4 heterocycles. The highest BCUT2D eigenvalue weighted by Gasteiger charge is 2.22. The van der Waals surface area contributed by atoms with Gasteiger partial charge in [0.25, 0.3) is 5.91 Å². The molecule has 0 aromatic carbocycles. The second kappa shape index (κ2) is 7.76. The van der Waals surface area contributed by atoms with Crippen LogP contribution in [-0.4, -0.2) is 49.7 Å². The minimum Gasteiger partial charge on any atom is -0.347 e. The summed E-state index contributed by atoms with van der Waals surface area (Å²) in [5.41, 5.74) is 0.409. The maximum Gasteiger partial charge on any atom is 0.270 e. The van der Waals surface area contributed by atoms with Gasteiger partial charge in [0.2, 0.25) is 0 Å². The zero-order chi connectivity index (χ0) is 17.8. The molecule has 1 fully saturated rings. The normalized spacial score (nSPS) is 17.9. The number of aromatic nitrogens is 4. The molecular formula is C18H20N6OS. The van der Waals surface area contributed by atoms with Crippen molar-refractivity contribution in [1.82, 2.24) is 30.0 Å². The Morgan fingerprint density at radius 3 is 2.92 bits per heavy atom. The highest BCUT2D eigenvalue weighted by atomic mass is 32.1. The number of piperidine rings is 1. The van der Waals surface area contributed by atoms with Crippen molar-refractivity contribution < 1.29 is 4.79 Å². The number of thiophene rings is 1. The minimum absolute atomic E-state index is 0.136. The Balaban J connectivity index is 1.39. The van der Waals surface area contributed by atoms with Crippen LogP contribution in [0.4, 0.5) is 0 Å². The van der Waals surface area contributed by atoms with Crippen LogP contribution < -0.4 is 5.32 Å². The second-order valence-electron chi connectivity index (χ2n) is 6.38. The Bertz CT molecular complexity index is 848. The SMILES string of the molecule is O=C(NC1CCCN(Cc2cccs2)C1)c1cccc(-n2cnnc2)n1. The van der Waals surface area contributed by atoms with Crippen molar-refractivity contribution in [2.45, 2.75) is 25.4 Å². The Kier molecular flexibility index (Phi) is 5.03. The predicted octanol–water partition coefficient (Wildman–Crippen LogP) is 2.12. The molecule has 0 aliphatic carbocycles. The van der Waals surface area contributed by atoms with E-state index < -0.39 is 0 Å². The zero-order valence-corrected chi connectivity index (χ0v) is 15.1. The summed E-state index contributed by atoms with van der Waals surface area (Å²) in [7, 11) is 0. The van der Waals surface area contributed by atoms with Crippen molar-refractivity contribution in [3.8, 4) is 5.82 Å². The van der Waals surface area contributed by atoms with Crippen LogP contribution in [0.3, 0.4) is 0 Å². The Labute approximate surface area is 155 Å². The van der Waals surface area contributed by atoms with Gasteiger partial charge < -0.3 is 5.32 Å². The van der Waals surface area contributed by atoms with Gasteiger partial charge in [0.15, 0.2) is 0 Å². The van der Waals surface area contributed by atoms with Crippen LogP contribution in [0.25, 0.3) is 5.82 Å². The van der Waals surface area contributed by atoms with E-state index in [0.29, 0.717) is 11.5 Å². The lowest BCUT2D eigenvalue weighted by Crippen LogP contribution is -2.47. The van der Waals surface area contributed by atoms with E-state index in [2.05, 4.69) is 42.9 Å². The number of likely N-dealkylation sites (tertiary alicyclic amines) is 1. The van der Waals surface area contributed by atoms with E-state index in [1.54, 1.807) is 34.6 Å². The number of carbonyl (C=O) groups is 1. The number of carbonyl (C=O) groups excluding carboxylic acids is 1. The molecule has 0 radical (unpaired) electrons. The van der Waals surface area contributed by atoms with E-state index in [4.69, 9.17) is 0 Å². The van der Waals surface area contributed by atoms with E-state index >= 15 is 0 Å². The first-order valence-corrected chi connectivity index (χ1v) is 9.53. The fraction of sp³-hybridized carbons (Fsp3) is 0.333. The third kappa shape index (κ3) is 3.97. The summed E-state index contributed by atoms with van der Waals surface area (Å²) in [4.78, 5) is 20.8. The van der Waals surface area contributed by atoms with Gasteiger partial charge in [0, 0.05) is 24.0 Å². The third-order valence-corrected chi connectivity index (χ3v) is 5.31. The number of amides is 1. The summed E-state index contributed by atoms with van der Waals surface area (Å²) in [5.74, 6) is 0.494. The molecule has 134 valence electrons. The Morgan fingerprint density at radius 2 is 2.12 bits per heavy atom. The highest BCUT2D eigenvalue weighted by molar-refractivity contribution is 7.09. The first-order chi connectivity index (χ1) is 12.8. The molecule has 4 rings (SSSR count). The van der Waals surface area contributed by atoms with Crippen LogP contribution in [0.1, 0.15) is 28.2 Å². The van der Waals surface area contributed by atoms with Gasteiger partial charge in [-0.1, -0.05) is 12.1 Å². The molecule has 1 unspecified atom stereocenters. The summed E-state index contributed by atoms with van der Waals surface area (Å²) in [6.45, 7) is 2.89. The third-order valence-electron chi connectivity index (χ3n) is 4.45. The van der Waals surface area contributed by atoms with E-state index in [-0.39, 0.29) is 11.9 Å². The van der Waals surface area contributed by atoms with E-state index in [0.717, 1.165) is 32.5 Å². The first kappa shape index (κ1) is 16.9. The van der Waals surface area contributed by atoms with Crippen LogP contribution >= 0.6 is 11.3 Å². The molecule has 1 amide bonds. The Hall–Kier alpha value is -2.58. The fourth-order valence-corrected chi connectivity index (χ4v) is 3.96. The van der Waals surface area contributed by atoms with Crippen LogP contribution in [-0.2, 0) is 6.54 Å². The standard InChI is InChI=1S/C18H20N6OS/c25-18(16-6-1-7-17(22-16)24-12-19-20-13-24)21-14-4-2-8-23(10-14)11-15-5-3-9-26-15/h1,3,5-7,9,12-14H,2,4,8,10-11H2,(H,21,25). The molecule has 7 nitrogen and oxygen atoms in total. The quantitative estimate of drug-likeness (QED) is 0.747. The van der Waals surface area contributed by atoms with Crippen molar-refractivity contribution in [3.63, 3.8) is 0 Å². The van der Waals surface area contributed by atoms with Gasteiger partial charge in [-0.25, -0.2) is 4.98 Å². The van der Waals surface area contributed by atoms with Crippen LogP contribution in [0.5, 0.6) is 0 Å². The number of nitrogens with one attached hydrogen (secondary N) is 1. The summed E-state index contributed by atoms with van der Waals surface area (Å²) in [5, 5.41) is 12.8. The van der Waals surface area contributed by atoms with Crippen LogP contribution in [0.15, 0.2) is 48.4 Å². The molecule has 0 spiro atoms. The number of pyridine rings is 1. The number of rotatable bonds is 5. The van der Waals surface area contributed by atoms with E-state index in [9.17, 15) is 4.79 Å². The van der Waals surface area contributed by atoms with Gasteiger partial charge in [0.1, 0.15) is 24.2 Å². The zero-order valence-electron chi connectivity index (χ0n) is 14.3. The van der Waals surface area contributed by atoms with E-state index in [1.807, 2.05) is 12.1 Å². The molecule has 0 bridgehead atoms. The number of hydrogen-bond acceptors (Lipinski definition) is 6. The van der Waals surface area contributed by atoms with Gasteiger partial charge in [0.05, 0.1) is 0 Å². The average molecular weight is 368 g/mol. The summed E-state index contributed by atoms with van der Waals surface area (Å²) < 4.78 is 1.68. The van der Waals surface area contributed by atoms with Crippen molar-refractivity contribution in [2.75, 3.05) is 13.1 Å². The molecule has 3 aromatic rings. The maximum absolute atomic E-state index is 12.6. The number of nitrogens with zero attached hydrogens (tertiary/aromatic N) is 5. The predicted molar refractivity (Wildman–Crippen MR) is 99.2 cm³/mol. The summed E-state index contributed by atoms with van der Waals surface area (Å²) in [6, 6.07) is 9.77. The molecule has 26 heavy (non-hydrogen) atoms. The molecule has 1 N–H and O–H groups in total. The molecule has 1 aliphatic rings. The lowest BCUT2D eigenvalue weighted by molar-refractivity contribution is 0.0896. The van der Waals surface area contributed by atoms with Crippen molar-refractivity contribution in [3.05, 3.63) is 58.9 Å². The molecule has 8 heteroatoms. The molecule has 1 aliphatic heterocycles. The fourth-order valence-electron chi connectivity index (χ4n) is 3.21. The summed E-state index contributed by atoms with van der Waals surface area (Å²) in [6.07, 6.45) is 5.21. The monoisotopic (exact) mass is 368 g/mol. The second-order valence-corrected chi connectivity index (χ2v) is 7.41. The number of hydrogen-bond donors (Lipinski definition) is 1. The molecule has 1 saturated heterocycles. The average Bonchev–Trinajstić information content (AvgIpc) is 3.36. The topological polar surface area (TPSA) is 75.9 Å². The summed E-state index contributed by atoms with van der Waals surface area (Å²) >= 11 is 1.78. The molecular weight excluding hydrogens is 348 g/mol. The van der Waals surface area contributed by atoms with E-state index in [1.165, 1.54) is 4.88 Å².